The van der Waals surface area contributed by atoms with Crippen molar-refractivity contribution in [2.75, 3.05) is 6.61 Å². The lowest BCUT2D eigenvalue weighted by molar-refractivity contribution is -0.331. The molecule has 0 rings (SSSR count). The first kappa shape index (κ1) is 14.5. The van der Waals surface area contributed by atoms with Gasteiger partial charge in [-0.05, 0) is 0 Å². The molecule has 0 amide bonds. The van der Waals surface area contributed by atoms with Crippen LogP contribution in [0.3, 0.4) is 0 Å². The fourth-order valence-corrected chi connectivity index (χ4v) is 0.773. The Labute approximate surface area is 80.8 Å². The summed E-state index contributed by atoms with van der Waals surface area (Å²) < 4.78 is 79.7. The molecule has 0 heterocycles. The highest BCUT2D eigenvalue weighted by atomic mass is 32.2. The summed E-state index contributed by atoms with van der Waals surface area (Å²) in [6.45, 7) is -1.65. The van der Waals surface area contributed by atoms with Gasteiger partial charge in [-0.1, -0.05) is 0 Å². The van der Waals surface area contributed by atoms with Crippen molar-refractivity contribution in [3.8, 4) is 0 Å². The molecule has 0 atom stereocenters. The zero-order chi connectivity index (χ0) is 12.5. The molecule has 0 spiro atoms. The van der Waals surface area contributed by atoms with E-state index in [0.717, 1.165) is 0 Å². The van der Waals surface area contributed by atoms with Gasteiger partial charge in [-0.3, -0.25) is 4.55 Å². The molecule has 0 aromatic rings. The average molecular weight is 258 g/mol. The minimum absolute atomic E-state index is 1.65. The van der Waals surface area contributed by atoms with E-state index in [4.69, 9.17) is 14.8 Å². The first-order valence-electron chi connectivity index (χ1n) is 3.14. The van der Waals surface area contributed by atoms with Crippen LogP contribution in [0.15, 0.2) is 0 Å². The van der Waals surface area contributed by atoms with Gasteiger partial charge >= 0.3 is 21.5 Å². The van der Waals surface area contributed by atoms with Crippen molar-refractivity contribution in [2.45, 2.75) is 17.7 Å². The Morgan fingerprint density at radius 1 is 1.20 bits per heavy atom. The minimum atomic E-state index is -6.38. The molecule has 0 unspecified atom stereocenters. The lowest BCUT2D eigenvalue weighted by Gasteiger charge is -2.23. The van der Waals surface area contributed by atoms with Crippen LogP contribution in [0.2, 0.25) is 0 Å². The Kier molecular flexibility index (Phi) is 4.04. The Bertz CT molecular complexity index is 311. The Morgan fingerprint density at radius 2 is 1.60 bits per heavy atom. The largest absolute Gasteiger partial charge is 0.459 e. The first-order valence-corrected chi connectivity index (χ1v) is 4.58. The van der Waals surface area contributed by atoms with Crippen LogP contribution in [0.1, 0.15) is 0 Å². The lowest BCUT2D eigenvalue weighted by Crippen LogP contribution is -2.49. The Morgan fingerprint density at radius 3 is 1.87 bits per heavy atom. The van der Waals surface area contributed by atoms with Crippen molar-refractivity contribution in [2.24, 2.45) is 0 Å². The summed E-state index contributed by atoms with van der Waals surface area (Å²) in [4.78, 5) is 0. The fraction of sp³-hybridized carbons (Fsp3) is 1.00. The van der Waals surface area contributed by atoms with E-state index in [-0.39, 0.29) is 0 Å². The topological polar surface area (TPSA) is 104 Å². The van der Waals surface area contributed by atoms with Crippen molar-refractivity contribution >= 4 is 10.1 Å². The third kappa shape index (κ3) is 3.24. The standard InChI is InChI=1S/C4H6F4O6S/c5-3(6,14-1-2(9)10)4(7,8)15(11,12)13/h2,9-10H,1H2,(H,11,12,13). The van der Waals surface area contributed by atoms with E-state index >= 15 is 0 Å². The summed E-state index contributed by atoms with van der Waals surface area (Å²) in [5.41, 5.74) is 0. The van der Waals surface area contributed by atoms with Crippen molar-refractivity contribution < 1.29 is 45.5 Å². The summed E-state index contributed by atoms with van der Waals surface area (Å²) in [6, 6.07) is 0. The molecule has 0 saturated heterocycles. The Hall–Kier alpha value is -0.490. The number of hydrogen-bond donors (Lipinski definition) is 3. The molecule has 0 aliphatic heterocycles. The van der Waals surface area contributed by atoms with Crippen LogP contribution in [0.5, 0.6) is 0 Å². The number of rotatable bonds is 5. The summed E-state index contributed by atoms with van der Waals surface area (Å²) in [7, 11) is -6.38. The van der Waals surface area contributed by atoms with Crippen LogP contribution in [-0.2, 0) is 14.9 Å². The third-order valence-corrected chi connectivity index (χ3v) is 1.96. The van der Waals surface area contributed by atoms with Crippen molar-refractivity contribution in [3.05, 3.63) is 0 Å². The molecule has 0 aliphatic carbocycles. The zero-order valence-corrected chi connectivity index (χ0v) is 7.59. The maximum Gasteiger partial charge on any atom is 0.459 e. The second-order valence-corrected chi connectivity index (χ2v) is 3.76. The quantitative estimate of drug-likeness (QED) is 0.345. The van der Waals surface area contributed by atoms with Gasteiger partial charge in [-0.2, -0.15) is 26.0 Å². The van der Waals surface area contributed by atoms with Crippen LogP contribution in [0.4, 0.5) is 17.6 Å². The highest BCUT2D eigenvalue weighted by Gasteiger charge is 2.67. The monoisotopic (exact) mass is 258 g/mol. The molecule has 0 radical (unpaired) electrons. The smallest absolute Gasteiger partial charge is 0.366 e. The molecule has 92 valence electrons. The molecule has 3 N–H and O–H groups in total. The van der Waals surface area contributed by atoms with E-state index < -0.39 is 34.4 Å². The SMILES string of the molecule is O=S(=O)(O)C(F)(F)C(F)(F)OCC(O)O. The van der Waals surface area contributed by atoms with E-state index in [2.05, 4.69) is 4.74 Å². The van der Waals surface area contributed by atoms with Gasteiger partial charge in [-0.15, -0.1) is 0 Å². The number of halogens is 4. The van der Waals surface area contributed by atoms with Crippen molar-refractivity contribution in [1.29, 1.82) is 0 Å². The van der Waals surface area contributed by atoms with Gasteiger partial charge in [0.1, 0.15) is 6.61 Å². The summed E-state index contributed by atoms with van der Waals surface area (Å²) in [5.74, 6) is 0. The molecular weight excluding hydrogens is 252 g/mol. The predicted octanol–water partition coefficient (Wildman–Crippen LogP) is -0.613. The normalized spacial score (nSPS) is 14.7. The predicted molar refractivity (Wildman–Crippen MR) is 35.6 cm³/mol. The molecular formula is C4H6F4O6S. The van der Waals surface area contributed by atoms with Gasteiger partial charge in [0, 0.05) is 0 Å². The van der Waals surface area contributed by atoms with Gasteiger partial charge in [0.25, 0.3) is 0 Å². The number of alkyl halides is 4. The van der Waals surface area contributed by atoms with E-state index in [1.807, 2.05) is 0 Å². The maximum atomic E-state index is 12.3. The van der Waals surface area contributed by atoms with Crippen LogP contribution in [0.25, 0.3) is 0 Å². The third-order valence-electron chi connectivity index (χ3n) is 1.08. The van der Waals surface area contributed by atoms with Crippen molar-refractivity contribution in [3.63, 3.8) is 0 Å². The minimum Gasteiger partial charge on any atom is -0.366 e. The van der Waals surface area contributed by atoms with Gasteiger partial charge in [0.2, 0.25) is 0 Å². The molecule has 0 bridgehead atoms. The van der Waals surface area contributed by atoms with Gasteiger partial charge in [-0.25, -0.2) is 0 Å². The van der Waals surface area contributed by atoms with Gasteiger partial charge in [0.05, 0.1) is 0 Å². The second-order valence-electron chi connectivity index (χ2n) is 2.30. The number of hydrogen-bond acceptors (Lipinski definition) is 5. The van der Waals surface area contributed by atoms with Gasteiger partial charge in [0.15, 0.2) is 6.29 Å². The molecule has 6 nitrogen and oxygen atoms in total. The average Bonchev–Trinajstić information content (AvgIpc) is 1.98. The van der Waals surface area contributed by atoms with Crippen LogP contribution >= 0.6 is 0 Å². The number of aliphatic hydroxyl groups is 2. The number of ether oxygens (including phenoxy) is 1. The van der Waals surface area contributed by atoms with E-state index in [9.17, 15) is 26.0 Å². The maximum absolute atomic E-state index is 12.3. The van der Waals surface area contributed by atoms with Crippen LogP contribution < -0.4 is 0 Å². The highest BCUT2D eigenvalue weighted by molar-refractivity contribution is 7.86. The molecule has 0 aromatic heterocycles. The first-order chi connectivity index (χ1) is 6.42. The van der Waals surface area contributed by atoms with E-state index in [1.165, 1.54) is 0 Å². The van der Waals surface area contributed by atoms with Gasteiger partial charge < -0.3 is 14.9 Å². The fourth-order valence-electron chi connectivity index (χ4n) is 0.413. The van der Waals surface area contributed by atoms with E-state index in [0.29, 0.717) is 0 Å². The number of aliphatic hydroxyl groups excluding tert-OH is 1. The van der Waals surface area contributed by atoms with Crippen LogP contribution in [0, 0.1) is 0 Å². The van der Waals surface area contributed by atoms with E-state index in [1.54, 1.807) is 0 Å². The molecule has 11 heteroatoms. The molecule has 0 aliphatic rings. The highest BCUT2D eigenvalue weighted by Crippen LogP contribution is 2.39. The molecule has 0 aromatic carbocycles. The van der Waals surface area contributed by atoms with Crippen molar-refractivity contribution in [1.82, 2.24) is 0 Å². The Balaban J connectivity index is 4.86. The lowest BCUT2D eigenvalue weighted by atomic mass is 10.6. The molecule has 15 heavy (non-hydrogen) atoms. The molecule has 0 fully saturated rings. The van der Waals surface area contributed by atoms with Crippen LogP contribution in [-0.4, -0.2) is 47.4 Å². The second kappa shape index (κ2) is 4.17. The summed E-state index contributed by atoms with van der Waals surface area (Å²) in [5, 5.41) is 10.2. The summed E-state index contributed by atoms with van der Waals surface area (Å²) >= 11 is 0. The molecule has 0 saturated carbocycles. The summed E-state index contributed by atoms with van der Waals surface area (Å²) in [6.07, 6.45) is -8.07. The zero-order valence-electron chi connectivity index (χ0n) is 6.77.